The molecule has 136 valence electrons. The predicted octanol–water partition coefficient (Wildman–Crippen LogP) is 3.61. The van der Waals surface area contributed by atoms with E-state index in [-0.39, 0.29) is 0 Å². The Morgan fingerprint density at radius 3 is 2.85 bits per heavy atom. The molecule has 1 atom stereocenters. The van der Waals surface area contributed by atoms with E-state index < -0.39 is 0 Å². The van der Waals surface area contributed by atoms with Gasteiger partial charge in [0.25, 0.3) is 0 Å². The number of fused-ring (bicyclic) bond motifs is 1. The molecule has 0 unspecified atom stereocenters. The number of aromatic nitrogens is 2. The molecule has 4 rings (SSSR count). The van der Waals surface area contributed by atoms with Crippen molar-refractivity contribution in [2.75, 3.05) is 33.2 Å². The maximum Gasteiger partial charge on any atom is 0.0798 e. The highest BCUT2D eigenvalue weighted by atomic mass is 32.1. The zero-order valence-electron chi connectivity index (χ0n) is 15.6. The summed E-state index contributed by atoms with van der Waals surface area (Å²) >= 11 is 1.78. The van der Waals surface area contributed by atoms with Crippen LogP contribution in [0.1, 0.15) is 16.1 Å². The van der Waals surface area contributed by atoms with Gasteiger partial charge >= 0.3 is 0 Å². The first kappa shape index (κ1) is 17.6. The normalized spacial score (nSPS) is 19.7. The van der Waals surface area contributed by atoms with Crippen molar-refractivity contribution in [1.29, 1.82) is 0 Å². The van der Waals surface area contributed by atoms with E-state index in [0.717, 1.165) is 44.7 Å². The molecule has 4 nitrogen and oxygen atoms in total. The lowest BCUT2D eigenvalue weighted by molar-refractivity contribution is 0.250. The van der Waals surface area contributed by atoms with Gasteiger partial charge in [-0.2, -0.15) is 0 Å². The number of hydrogen-bond donors (Lipinski definition) is 0. The summed E-state index contributed by atoms with van der Waals surface area (Å²) in [6.45, 7) is 7.66. The summed E-state index contributed by atoms with van der Waals surface area (Å²) in [4.78, 5) is 15.5. The molecule has 26 heavy (non-hydrogen) atoms. The van der Waals surface area contributed by atoms with Gasteiger partial charge in [0, 0.05) is 49.2 Å². The summed E-state index contributed by atoms with van der Waals surface area (Å²) in [5.74, 6) is 0.614. The van der Waals surface area contributed by atoms with Gasteiger partial charge < -0.3 is 4.90 Å². The minimum atomic E-state index is 0.614. The molecule has 2 aromatic heterocycles. The van der Waals surface area contributed by atoms with E-state index in [1.54, 1.807) is 11.3 Å². The first-order chi connectivity index (χ1) is 12.7. The highest BCUT2D eigenvalue weighted by molar-refractivity contribution is 7.09. The largest absolute Gasteiger partial charge is 0.305 e. The fourth-order valence-corrected chi connectivity index (χ4v) is 4.77. The first-order valence-electron chi connectivity index (χ1n) is 9.31. The zero-order valence-corrected chi connectivity index (χ0v) is 16.4. The van der Waals surface area contributed by atoms with Crippen LogP contribution in [0, 0.1) is 12.8 Å². The van der Waals surface area contributed by atoms with Crippen molar-refractivity contribution >= 4 is 22.2 Å². The van der Waals surface area contributed by atoms with Gasteiger partial charge in [0.2, 0.25) is 0 Å². The van der Waals surface area contributed by atoms with Gasteiger partial charge in [-0.3, -0.25) is 9.88 Å². The molecule has 0 amide bonds. The SMILES string of the molecule is Cc1ncsc1CN1CCN(C)C[C@@H](Cc2cccc3cccnc23)C1. The Labute approximate surface area is 159 Å². The minimum Gasteiger partial charge on any atom is -0.305 e. The van der Waals surface area contributed by atoms with E-state index >= 15 is 0 Å². The van der Waals surface area contributed by atoms with Crippen molar-refractivity contribution in [3.05, 3.63) is 58.2 Å². The fourth-order valence-electron chi connectivity index (χ4n) is 3.96. The predicted molar refractivity (Wildman–Crippen MR) is 109 cm³/mol. The van der Waals surface area contributed by atoms with E-state index in [1.807, 2.05) is 17.8 Å². The van der Waals surface area contributed by atoms with Crippen LogP contribution in [-0.2, 0) is 13.0 Å². The van der Waals surface area contributed by atoms with Crippen molar-refractivity contribution in [3.8, 4) is 0 Å². The first-order valence-corrected chi connectivity index (χ1v) is 10.2. The van der Waals surface area contributed by atoms with Crippen LogP contribution in [0.25, 0.3) is 10.9 Å². The number of para-hydroxylation sites is 1. The molecular weight excluding hydrogens is 340 g/mol. The van der Waals surface area contributed by atoms with Gasteiger partial charge in [0.15, 0.2) is 0 Å². The smallest absolute Gasteiger partial charge is 0.0798 e. The molecule has 1 saturated heterocycles. The number of nitrogens with zero attached hydrogens (tertiary/aromatic N) is 4. The van der Waals surface area contributed by atoms with E-state index in [1.165, 1.54) is 21.5 Å². The van der Waals surface area contributed by atoms with Crippen molar-refractivity contribution in [2.45, 2.75) is 19.9 Å². The van der Waals surface area contributed by atoms with Crippen LogP contribution in [0.15, 0.2) is 42.0 Å². The van der Waals surface area contributed by atoms with Gasteiger partial charge in [-0.1, -0.05) is 24.3 Å². The number of likely N-dealkylation sites (N-methyl/N-ethyl adjacent to an activating group) is 1. The molecule has 5 heteroatoms. The molecule has 0 radical (unpaired) electrons. The average Bonchev–Trinajstić information content (AvgIpc) is 2.95. The Kier molecular flexibility index (Phi) is 5.29. The van der Waals surface area contributed by atoms with Gasteiger partial charge in [0.05, 0.1) is 16.7 Å². The zero-order chi connectivity index (χ0) is 17.9. The lowest BCUT2D eigenvalue weighted by atomic mass is 9.96. The number of rotatable bonds is 4. The van der Waals surface area contributed by atoms with Crippen LogP contribution in [0.5, 0.6) is 0 Å². The van der Waals surface area contributed by atoms with Crippen LogP contribution in [0.2, 0.25) is 0 Å². The second-order valence-corrected chi connectivity index (χ2v) is 8.36. The summed E-state index contributed by atoms with van der Waals surface area (Å²) in [7, 11) is 2.25. The Hall–Kier alpha value is -1.82. The Morgan fingerprint density at radius 2 is 2.00 bits per heavy atom. The standard InChI is InChI=1S/C21H26N4S/c1-16-20(26-15-23-16)14-25-10-9-24(2)12-17(13-25)11-19-6-3-5-18-7-4-8-22-21(18)19/h3-8,15,17H,9-14H2,1-2H3/t17-/m1/s1. The maximum atomic E-state index is 4.65. The quantitative estimate of drug-likeness (QED) is 0.706. The molecule has 1 aliphatic heterocycles. The topological polar surface area (TPSA) is 32.3 Å². The Bertz CT molecular complexity index is 870. The molecule has 0 saturated carbocycles. The van der Waals surface area contributed by atoms with Gasteiger partial charge in [-0.05, 0) is 37.9 Å². The Morgan fingerprint density at radius 1 is 1.12 bits per heavy atom. The van der Waals surface area contributed by atoms with Crippen LogP contribution >= 0.6 is 11.3 Å². The van der Waals surface area contributed by atoms with E-state index in [2.05, 4.69) is 58.0 Å². The van der Waals surface area contributed by atoms with Gasteiger partial charge in [-0.15, -0.1) is 11.3 Å². The molecule has 0 N–H and O–H groups in total. The van der Waals surface area contributed by atoms with E-state index in [0.29, 0.717) is 5.92 Å². The van der Waals surface area contributed by atoms with E-state index in [9.17, 15) is 0 Å². The maximum absolute atomic E-state index is 4.65. The third-order valence-electron chi connectivity index (χ3n) is 5.32. The number of thiazole rings is 1. The van der Waals surface area contributed by atoms with Crippen LogP contribution in [0.4, 0.5) is 0 Å². The molecule has 0 aliphatic carbocycles. The monoisotopic (exact) mass is 366 g/mol. The highest BCUT2D eigenvalue weighted by Gasteiger charge is 2.23. The average molecular weight is 367 g/mol. The summed E-state index contributed by atoms with van der Waals surface area (Å²) in [5.41, 5.74) is 5.68. The van der Waals surface area contributed by atoms with Gasteiger partial charge in [0.1, 0.15) is 0 Å². The number of aryl methyl sites for hydroxylation is 1. The second-order valence-electron chi connectivity index (χ2n) is 7.42. The number of hydrogen-bond acceptors (Lipinski definition) is 5. The molecule has 0 spiro atoms. The molecule has 1 aliphatic rings. The van der Waals surface area contributed by atoms with Crippen LogP contribution < -0.4 is 0 Å². The molecule has 1 aromatic carbocycles. The minimum absolute atomic E-state index is 0.614. The van der Waals surface area contributed by atoms with Crippen molar-refractivity contribution in [1.82, 2.24) is 19.8 Å². The molecule has 3 aromatic rings. The highest BCUT2D eigenvalue weighted by Crippen LogP contribution is 2.23. The summed E-state index contributed by atoms with van der Waals surface area (Å²) < 4.78 is 0. The molecule has 0 bridgehead atoms. The fraction of sp³-hybridized carbons (Fsp3) is 0.429. The third-order valence-corrected chi connectivity index (χ3v) is 6.24. The summed E-state index contributed by atoms with van der Waals surface area (Å²) in [6, 6.07) is 10.7. The summed E-state index contributed by atoms with van der Waals surface area (Å²) in [6.07, 6.45) is 2.99. The lowest BCUT2D eigenvalue weighted by Gasteiger charge is -2.24. The van der Waals surface area contributed by atoms with Gasteiger partial charge in [-0.25, -0.2) is 4.98 Å². The molecule has 3 heterocycles. The van der Waals surface area contributed by atoms with Crippen LogP contribution in [0.3, 0.4) is 0 Å². The number of benzene rings is 1. The lowest BCUT2D eigenvalue weighted by Crippen LogP contribution is -2.30. The van der Waals surface area contributed by atoms with E-state index in [4.69, 9.17) is 0 Å². The second kappa shape index (κ2) is 7.82. The van der Waals surface area contributed by atoms with Crippen molar-refractivity contribution in [2.24, 2.45) is 5.92 Å². The van der Waals surface area contributed by atoms with Crippen LogP contribution in [-0.4, -0.2) is 53.0 Å². The Balaban J connectivity index is 1.53. The molecular formula is C21H26N4S. The molecule has 1 fully saturated rings. The third kappa shape index (κ3) is 3.95. The van der Waals surface area contributed by atoms with Crippen molar-refractivity contribution < 1.29 is 0 Å². The van der Waals surface area contributed by atoms with Crippen molar-refractivity contribution in [3.63, 3.8) is 0 Å². The number of pyridine rings is 1. The summed E-state index contributed by atoms with van der Waals surface area (Å²) in [5, 5.41) is 1.24.